The molecule has 57 heavy (non-hydrogen) atoms. The summed E-state index contributed by atoms with van der Waals surface area (Å²) in [7, 11) is 0. The van der Waals surface area contributed by atoms with Gasteiger partial charge in [-0.15, -0.1) is 0 Å². The van der Waals surface area contributed by atoms with Gasteiger partial charge in [0.1, 0.15) is 0 Å². The molecule has 12 rings (SSSR count). The second-order valence-electron chi connectivity index (χ2n) is 17.8. The van der Waals surface area contributed by atoms with Crippen molar-refractivity contribution in [3.05, 3.63) is 162 Å². The molecule has 276 valence electrons. The molecule has 5 aliphatic carbocycles. The van der Waals surface area contributed by atoms with Crippen molar-refractivity contribution in [3.8, 4) is 73.6 Å². The highest BCUT2D eigenvalue weighted by Crippen LogP contribution is 2.61. The van der Waals surface area contributed by atoms with Gasteiger partial charge in [-0.05, 0) is 136 Å². The molecule has 4 nitrogen and oxygen atoms in total. The van der Waals surface area contributed by atoms with Crippen LogP contribution < -0.4 is 0 Å². The largest absolute Gasteiger partial charge is 0.208 e. The minimum absolute atomic E-state index is 0.142. The molecular formula is C53H44N4. The highest BCUT2D eigenvalue weighted by molar-refractivity contribution is 5.87. The van der Waals surface area contributed by atoms with Crippen LogP contribution in [0.3, 0.4) is 0 Å². The zero-order valence-electron chi connectivity index (χ0n) is 32.5. The predicted molar refractivity (Wildman–Crippen MR) is 229 cm³/mol. The van der Waals surface area contributed by atoms with E-state index in [0.29, 0.717) is 28.5 Å². The lowest BCUT2D eigenvalue weighted by Crippen LogP contribution is -2.48. The Morgan fingerprint density at radius 1 is 0.474 bits per heavy atom. The Balaban J connectivity index is 1.05. The standard InChI is InChI=1S/C53H44N4/c1-52(2)47-14-7-6-13-44(47)45-22-18-41(28-48(45)52)51-56-49(38-15-19-42(20-16-38)53-29-34-23-35(30-53)25-36(24-34)31-53)55-50(57-51)40-17-21-43(39-12-8-9-33(26-39)32-54)46(27-40)37-10-4-3-5-11-37/h3-22,26-28,34-36H,23-25,29-31H2,1-2H3/t34-,35+,36?,53?. The fraction of sp³-hybridized carbons (Fsp3) is 0.245. The van der Waals surface area contributed by atoms with Gasteiger partial charge in [0.2, 0.25) is 0 Å². The average Bonchev–Trinajstić information content (AvgIpc) is 3.48. The summed E-state index contributed by atoms with van der Waals surface area (Å²) in [5, 5.41) is 9.71. The minimum Gasteiger partial charge on any atom is -0.208 e. The van der Waals surface area contributed by atoms with Crippen LogP contribution in [-0.4, -0.2) is 15.0 Å². The highest BCUT2D eigenvalue weighted by Gasteiger charge is 2.51. The SMILES string of the molecule is CC1(C)c2ccccc2-c2ccc(-c3nc(-c4ccc(C56CC7C[C@H](C5)C[C@@H](C7)C6)cc4)nc(-c4ccc(-c5cccc(C#N)c5)c(-c5ccccc5)c4)n3)cc21. The van der Waals surface area contributed by atoms with E-state index in [0.717, 1.165) is 56.7 Å². The predicted octanol–water partition coefficient (Wildman–Crippen LogP) is 12.9. The van der Waals surface area contributed by atoms with Crippen LogP contribution in [-0.2, 0) is 10.8 Å². The smallest absolute Gasteiger partial charge is 0.164 e. The lowest BCUT2D eigenvalue weighted by molar-refractivity contribution is -0.00518. The number of fused-ring (bicyclic) bond motifs is 3. The lowest BCUT2D eigenvalue weighted by atomic mass is 9.48. The molecule has 1 heterocycles. The van der Waals surface area contributed by atoms with Gasteiger partial charge in [-0.1, -0.05) is 129 Å². The summed E-state index contributed by atoms with van der Waals surface area (Å²) >= 11 is 0. The molecule has 7 aromatic rings. The summed E-state index contributed by atoms with van der Waals surface area (Å²) in [6.07, 6.45) is 8.36. The van der Waals surface area contributed by atoms with E-state index in [-0.39, 0.29) is 5.41 Å². The van der Waals surface area contributed by atoms with Gasteiger partial charge >= 0.3 is 0 Å². The Kier molecular flexibility index (Phi) is 7.74. The third-order valence-electron chi connectivity index (χ3n) is 13.9. The van der Waals surface area contributed by atoms with E-state index in [9.17, 15) is 5.26 Å². The Bertz CT molecular complexity index is 2720. The van der Waals surface area contributed by atoms with Crippen molar-refractivity contribution < 1.29 is 0 Å². The molecule has 6 aromatic carbocycles. The summed E-state index contributed by atoms with van der Waals surface area (Å²) in [6.45, 7) is 4.63. The fourth-order valence-corrected chi connectivity index (χ4v) is 11.6. The molecule has 4 saturated carbocycles. The van der Waals surface area contributed by atoms with Crippen LogP contribution in [0.5, 0.6) is 0 Å². The third-order valence-corrected chi connectivity index (χ3v) is 13.9. The van der Waals surface area contributed by atoms with Crippen LogP contribution in [0.2, 0.25) is 0 Å². The van der Waals surface area contributed by atoms with E-state index in [4.69, 9.17) is 15.0 Å². The van der Waals surface area contributed by atoms with E-state index in [1.165, 1.54) is 66.3 Å². The second kappa shape index (κ2) is 12.9. The first-order valence-electron chi connectivity index (χ1n) is 20.7. The molecule has 4 bridgehead atoms. The van der Waals surface area contributed by atoms with Crippen LogP contribution >= 0.6 is 0 Å². The van der Waals surface area contributed by atoms with Crippen molar-refractivity contribution in [1.82, 2.24) is 15.0 Å². The topological polar surface area (TPSA) is 62.5 Å². The van der Waals surface area contributed by atoms with Crippen molar-refractivity contribution in [3.63, 3.8) is 0 Å². The van der Waals surface area contributed by atoms with Gasteiger partial charge in [-0.2, -0.15) is 5.26 Å². The summed E-state index contributed by atoms with van der Waals surface area (Å²) in [4.78, 5) is 15.8. The molecule has 0 amide bonds. The number of rotatable bonds is 6. The van der Waals surface area contributed by atoms with Gasteiger partial charge in [0.15, 0.2) is 17.5 Å². The number of benzene rings is 6. The van der Waals surface area contributed by atoms with Crippen LogP contribution in [0.4, 0.5) is 0 Å². The van der Waals surface area contributed by atoms with E-state index in [1.807, 2.05) is 24.3 Å². The van der Waals surface area contributed by atoms with Crippen LogP contribution in [0.15, 0.2) is 140 Å². The van der Waals surface area contributed by atoms with Gasteiger partial charge in [0, 0.05) is 22.1 Å². The quantitative estimate of drug-likeness (QED) is 0.171. The molecule has 1 aromatic heterocycles. The van der Waals surface area contributed by atoms with Crippen molar-refractivity contribution in [2.24, 2.45) is 17.8 Å². The summed E-state index contributed by atoms with van der Waals surface area (Å²) < 4.78 is 0. The van der Waals surface area contributed by atoms with Crippen molar-refractivity contribution >= 4 is 0 Å². The summed E-state index contributed by atoms with van der Waals surface area (Å²) in [6, 6.07) is 51.8. The normalized spacial score (nSPS) is 22.2. The van der Waals surface area contributed by atoms with Crippen LogP contribution in [0.25, 0.3) is 67.5 Å². The second-order valence-corrected chi connectivity index (χ2v) is 17.8. The van der Waals surface area contributed by atoms with E-state index < -0.39 is 0 Å². The number of hydrogen-bond acceptors (Lipinski definition) is 4. The molecule has 5 aliphatic rings. The zero-order valence-corrected chi connectivity index (χ0v) is 32.5. The molecule has 0 N–H and O–H groups in total. The van der Waals surface area contributed by atoms with Crippen molar-refractivity contribution in [2.45, 2.75) is 63.2 Å². The van der Waals surface area contributed by atoms with Gasteiger partial charge in [-0.3, -0.25) is 0 Å². The maximum absolute atomic E-state index is 9.71. The molecule has 0 radical (unpaired) electrons. The molecule has 0 atom stereocenters. The molecule has 4 heteroatoms. The maximum Gasteiger partial charge on any atom is 0.164 e. The number of aromatic nitrogens is 3. The van der Waals surface area contributed by atoms with Crippen LogP contribution in [0, 0.1) is 29.1 Å². The first-order chi connectivity index (χ1) is 27.8. The van der Waals surface area contributed by atoms with Crippen molar-refractivity contribution in [1.29, 1.82) is 5.26 Å². The molecule has 0 spiro atoms. The molecule has 4 fully saturated rings. The van der Waals surface area contributed by atoms with Crippen molar-refractivity contribution in [2.75, 3.05) is 0 Å². The van der Waals surface area contributed by atoms with Gasteiger partial charge in [0.05, 0.1) is 11.6 Å². The molecular weight excluding hydrogens is 693 g/mol. The fourth-order valence-electron chi connectivity index (χ4n) is 11.6. The minimum atomic E-state index is -0.142. The molecule has 0 saturated heterocycles. The Labute approximate surface area is 335 Å². The molecule has 0 aliphatic heterocycles. The first-order valence-corrected chi connectivity index (χ1v) is 20.7. The Hall–Kier alpha value is -6.18. The Morgan fingerprint density at radius 3 is 1.72 bits per heavy atom. The van der Waals surface area contributed by atoms with E-state index in [2.05, 4.69) is 135 Å². The number of nitrogens with zero attached hydrogens (tertiary/aromatic N) is 4. The summed E-state index contributed by atoms with van der Waals surface area (Å²) in [5.41, 5.74) is 14.7. The monoisotopic (exact) mass is 736 g/mol. The maximum atomic E-state index is 9.71. The van der Waals surface area contributed by atoms with E-state index >= 15 is 0 Å². The summed E-state index contributed by atoms with van der Waals surface area (Å²) in [5.74, 6) is 4.69. The first kappa shape index (κ1) is 34.1. The van der Waals surface area contributed by atoms with Gasteiger partial charge in [0.25, 0.3) is 0 Å². The van der Waals surface area contributed by atoms with Crippen LogP contribution in [0.1, 0.15) is 74.6 Å². The number of nitriles is 1. The Morgan fingerprint density at radius 2 is 1.04 bits per heavy atom. The highest BCUT2D eigenvalue weighted by atomic mass is 15.0. The average molecular weight is 737 g/mol. The van der Waals surface area contributed by atoms with Gasteiger partial charge in [-0.25, -0.2) is 15.0 Å². The van der Waals surface area contributed by atoms with E-state index in [1.54, 1.807) is 0 Å². The van der Waals surface area contributed by atoms with Gasteiger partial charge < -0.3 is 0 Å². The zero-order chi connectivity index (χ0) is 38.3. The lowest BCUT2D eigenvalue weighted by Gasteiger charge is -2.57. The number of hydrogen-bond donors (Lipinski definition) is 0. The molecule has 0 unspecified atom stereocenters. The third kappa shape index (κ3) is 5.66.